The highest BCUT2D eigenvalue weighted by molar-refractivity contribution is 7.11. The normalized spacial score (nSPS) is 31.0. The van der Waals surface area contributed by atoms with E-state index in [9.17, 15) is 0 Å². The summed E-state index contributed by atoms with van der Waals surface area (Å²) in [6.07, 6.45) is 3.89. The largest absolute Gasteiger partial charge is 0.298 e. The number of rotatable bonds is 5. The Labute approximate surface area is 160 Å². The maximum absolute atomic E-state index is 4.38. The molecular formula is C21H28N4S. The second kappa shape index (κ2) is 6.70. The Hall–Kier alpha value is -1.30. The first-order chi connectivity index (χ1) is 12.7. The van der Waals surface area contributed by atoms with E-state index in [4.69, 9.17) is 0 Å². The Morgan fingerprint density at radius 1 is 1.00 bits per heavy atom. The molecule has 1 aromatic carbocycles. The van der Waals surface area contributed by atoms with Crippen LogP contribution in [0.2, 0.25) is 0 Å². The highest BCUT2D eigenvalue weighted by Crippen LogP contribution is 2.50. The van der Waals surface area contributed by atoms with Gasteiger partial charge in [0.05, 0.1) is 6.54 Å². The van der Waals surface area contributed by atoms with E-state index in [0.717, 1.165) is 48.4 Å². The summed E-state index contributed by atoms with van der Waals surface area (Å²) in [6.45, 7) is 9.02. The van der Waals surface area contributed by atoms with E-state index in [1.165, 1.54) is 42.1 Å². The first-order valence-electron chi connectivity index (χ1n) is 10.1. The summed E-state index contributed by atoms with van der Waals surface area (Å²) < 4.78 is 0. The molecule has 0 amide bonds. The van der Waals surface area contributed by atoms with Gasteiger partial charge in [0, 0.05) is 31.7 Å². The van der Waals surface area contributed by atoms with Crippen molar-refractivity contribution in [3.63, 3.8) is 0 Å². The van der Waals surface area contributed by atoms with Crippen molar-refractivity contribution in [3.8, 4) is 0 Å². The minimum absolute atomic E-state index is 0.764. The summed E-state index contributed by atoms with van der Waals surface area (Å²) in [5.41, 5.74) is 3.05. The van der Waals surface area contributed by atoms with Gasteiger partial charge < -0.3 is 0 Å². The summed E-state index contributed by atoms with van der Waals surface area (Å²) in [6, 6.07) is 10.5. The molecule has 3 fully saturated rings. The lowest BCUT2D eigenvalue weighted by Gasteiger charge is -2.26. The summed E-state index contributed by atoms with van der Waals surface area (Å²) in [5.74, 6) is 1.72. The number of benzene rings is 1. The molecule has 5 rings (SSSR count). The highest BCUT2D eigenvalue weighted by Gasteiger charge is 2.56. The van der Waals surface area contributed by atoms with E-state index in [1.54, 1.807) is 11.3 Å². The molecule has 4 nitrogen and oxygen atoms in total. The van der Waals surface area contributed by atoms with Crippen molar-refractivity contribution in [2.75, 3.05) is 13.1 Å². The molecule has 4 heterocycles. The zero-order valence-corrected chi connectivity index (χ0v) is 16.6. The van der Waals surface area contributed by atoms with Crippen molar-refractivity contribution >= 4 is 11.3 Å². The summed E-state index contributed by atoms with van der Waals surface area (Å²) in [5, 5.41) is 10.9. The van der Waals surface area contributed by atoms with Crippen molar-refractivity contribution in [1.82, 2.24) is 20.0 Å². The lowest BCUT2D eigenvalue weighted by molar-refractivity contribution is 0.185. The molecule has 138 valence electrons. The van der Waals surface area contributed by atoms with Gasteiger partial charge in [-0.25, -0.2) is 0 Å². The summed E-state index contributed by atoms with van der Waals surface area (Å²) >= 11 is 1.77. The molecule has 0 saturated carbocycles. The van der Waals surface area contributed by atoms with E-state index in [-0.39, 0.29) is 0 Å². The molecule has 3 aliphatic heterocycles. The van der Waals surface area contributed by atoms with Crippen LogP contribution in [0.5, 0.6) is 0 Å². The second-order valence-corrected chi connectivity index (χ2v) is 9.51. The Balaban J connectivity index is 1.27. The lowest BCUT2D eigenvalue weighted by Crippen LogP contribution is -2.35. The Bertz CT molecular complexity index is 768. The van der Waals surface area contributed by atoms with E-state index < -0.39 is 0 Å². The average molecular weight is 369 g/mol. The van der Waals surface area contributed by atoms with Crippen LogP contribution >= 0.6 is 11.3 Å². The van der Waals surface area contributed by atoms with E-state index >= 15 is 0 Å². The third-order valence-electron chi connectivity index (χ3n) is 6.87. The fourth-order valence-corrected chi connectivity index (χ4v) is 6.53. The van der Waals surface area contributed by atoms with Gasteiger partial charge in [-0.2, -0.15) is 0 Å². The SMILES string of the molecule is CCc1ccccc1CN1C[C@@H]2[C@H](C1)[C@@H]1CC[C@H]2N1Cc1nnc(C)s1. The molecule has 0 spiro atoms. The smallest absolute Gasteiger partial charge is 0.131 e. The maximum atomic E-state index is 4.38. The average Bonchev–Trinajstić information content (AvgIpc) is 3.39. The van der Waals surface area contributed by atoms with Crippen molar-refractivity contribution in [2.45, 2.75) is 58.3 Å². The molecular weight excluding hydrogens is 340 g/mol. The van der Waals surface area contributed by atoms with Crippen LogP contribution < -0.4 is 0 Å². The van der Waals surface area contributed by atoms with Crippen LogP contribution in [-0.4, -0.2) is 45.2 Å². The van der Waals surface area contributed by atoms with Gasteiger partial charge in [0.25, 0.3) is 0 Å². The number of hydrogen-bond acceptors (Lipinski definition) is 5. The second-order valence-electron chi connectivity index (χ2n) is 8.24. The Morgan fingerprint density at radius 2 is 1.69 bits per heavy atom. The van der Waals surface area contributed by atoms with Crippen LogP contribution in [0.25, 0.3) is 0 Å². The maximum Gasteiger partial charge on any atom is 0.131 e. The van der Waals surface area contributed by atoms with Crippen molar-refractivity contribution in [3.05, 3.63) is 45.4 Å². The quantitative estimate of drug-likeness (QED) is 0.808. The third kappa shape index (κ3) is 2.81. The molecule has 1 aromatic heterocycles. The molecule has 4 atom stereocenters. The van der Waals surface area contributed by atoms with Gasteiger partial charge in [0.1, 0.15) is 10.0 Å². The lowest BCUT2D eigenvalue weighted by atomic mass is 9.82. The van der Waals surface area contributed by atoms with Crippen LogP contribution in [0.4, 0.5) is 0 Å². The molecule has 26 heavy (non-hydrogen) atoms. The van der Waals surface area contributed by atoms with Crippen LogP contribution in [0.1, 0.15) is 40.9 Å². The van der Waals surface area contributed by atoms with E-state index in [2.05, 4.69) is 58.1 Å². The number of hydrogen-bond donors (Lipinski definition) is 0. The van der Waals surface area contributed by atoms with Gasteiger partial charge in [0.2, 0.25) is 0 Å². The molecule has 3 saturated heterocycles. The van der Waals surface area contributed by atoms with Gasteiger partial charge in [-0.05, 0) is 49.1 Å². The van der Waals surface area contributed by atoms with Gasteiger partial charge in [-0.3, -0.25) is 9.80 Å². The monoisotopic (exact) mass is 368 g/mol. The van der Waals surface area contributed by atoms with Gasteiger partial charge >= 0.3 is 0 Å². The van der Waals surface area contributed by atoms with E-state index in [0.29, 0.717) is 0 Å². The molecule has 0 N–H and O–H groups in total. The Morgan fingerprint density at radius 3 is 2.31 bits per heavy atom. The van der Waals surface area contributed by atoms with Gasteiger partial charge in [-0.15, -0.1) is 21.5 Å². The highest BCUT2D eigenvalue weighted by atomic mass is 32.1. The molecule has 0 aliphatic carbocycles. The summed E-state index contributed by atoms with van der Waals surface area (Å²) in [4.78, 5) is 5.49. The van der Waals surface area contributed by atoms with Crippen LogP contribution in [0.15, 0.2) is 24.3 Å². The molecule has 5 heteroatoms. The summed E-state index contributed by atoms with van der Waals surface area (Å²) in [7, 11) is 0. The number of aromatic nitrogens is 2. The molecule has 0 radical (unpaired) electrons. The minimum atomic E-state index is 0.764. The first-order valence-corrected chi connectivity index (χ1v) is 10.9. The number of likely N-dealkylation sites (tertiary alicyclic amines) is 1. The zero-order valence-electron chi connectivity index (χ0n) is 15.8. The first kappa shape index (κ1) is 16.8. The van der Waals surface area contributed by atoms with Crippen molar-refractivity contribution < 1.29 is 0 Å². The number of aryl methyl sites for hydroxylation is 2. The van der Waals surface area contributed by atoms with Crippen LogP contribution in [-0.2, 0) is 19.5 Å². The fraction of sp³-hybridized carbons (Fsp3) is 0.619. The zero-order chi connectivity index (χ0) is 17.7. The molecule has 2 aromatic rings. The minimum Gasteiger partial charge on any atom is -0.298 e. The van der Waals surface area contributed by atoms with Gasteiger partial charge in [-0.1, -0.05) is 31.2 Å². The third-order valence-corrected chi connectivity index (χ3v) is 7.69. The topological polar surface area (TPSA) is 32.3 Å². The van der Waals surface area contributed by atoms with Crippen LogP contribution in [0.3, 0.4) is 0 Å². The predicted octanol–water partition coefficient (Wildman–Crippen LogP) is 3.50. The predicted molar refractivity (Wildman–Crippen MR) is 105 cm³/mol. The Kier molecular flexibility index (Phi) is 4.34. The molecule has 0 unspecified atom stereocenters. The van der Waals surface area contributed by atoms with Crippen molar-refractivity contribution in [1.29, 1.82) is 0 Å². The standard InChI is InChI=1S/C21H28N4S/c1-3-15-6-4-5-7-16(15)10-24-11-17-18(12-24)20-9-8-19(17)25(20)13-21-23-22-14(2)26-21/h4-7,17-20H,3,8-13H2,1-2H3/t17-,18+,19-,20+. The van der Waals surface area contributed by atoms with Gasteiger partial charge in [0.15, 0.2) is 0 Å². The van der Waals surface area contributed by atoms with E-state index in [1.807, 2.05) is 0 Å². The van der Waals surface area contributed by atoms with Crippen LogP contribution in [0, 0.1) is 18.8 Å². The molecule has 3 aliphatic rings. The molecule has 2 bridgehead atoms. The van der Waals surface area contributed by atoms with Crippen molar-refractivity contribution in [2.24, 2.45) is 11.8 Å². The number of fused-ring (bicyclic) bond motifs is 5. The number of nitrogens with zero attached hydrogens (tertiary/aromatic N) is 4. The fourth-order valence-electron chi connectivity index (χ4n) is 5.81.